The molecule has 0 fully saturated rings. The van der Waals surface area contributed by atoms with E-state index in [9.17, 15) is 4.39 Å². The summed E-state index contributed by atoms with van der Waals surface area (Å²) in [5, 5.41) is 3.85. The Morgan fingerprint density at radius 2 is 2.18 bits per heavy atom. The molecule has 1 heterocycles. The van der Waals surface area contributed by atoms with Gasteiger partial charge in [-0.2, -0.15) is 4.98 Å². The Morgan fingerprint density at radius 1 is 1.41 bits per heavy atom. The van der Waals surface area contributed by atoms with Crippen LogP contribution < -0.4 is 5.73 Å². The van der Waals surface area contributed by atoms with Crippen molar-refractivity contribution in [2.75, 3.05) is 6.54 Å². The van der Waals surface area contributed by atoms with Gasteiger partial charge in [-0.05, 0) is 18.2 Å². The van der Waals surface area contributed by atoms with Crippen LogP contribution in [0, 0.1) is 5.82 Å². The van der Waals surface area contributed by atoms with Gasteiger partial charge in [0.05, 0.1) is 13.1 Å². The molecular weight excluding hydrogens is 375 g/mol. The standard InChI is InChI=1S/C14H16BrFN4O.ClH/c1-2-5-20(9-13-18-14(7-17)21-19-13)8-10-6-11(15)3-4-12(10)16;/h2-4,6H,1,5,7-9,17H2;1H. The zero-order valence-corrected chi connectivity index (χ0v) is 14.2. The van der Waals surface area contributed by atoms with Crippen LogP contribution in [0.25, 0.3) is 0 Å². The lowest BCUT2D eigenvalue weighted by atomic mass is 10.2. The maximum atomic E-state index is 13.8. The van der Waals surface area contributed by atoms with Gasteiger partial charge in [0.25, 0.3) is 0 Å². The zero-order chi connectivity index (χ0) is 15.2. The first-order valence-electron chi connectivity index (χ1n) is 6.41. The first-order valence-corrected chi connectivity index (χ1v) is 7.20. The van der Waals surface area contributed by atoms with Gasteiger partial charge in [-0.3, -0.25) is 4.90 Å². The molecule has 2 N–H and O–H groups in total. The summed E-state index contributed by atoms with van der Waals surface area (Å²) in [5.41, 5.74) is 6.02. The zero-order valence-electron chi connectivity index (χ0n) is 11.8. The molecule has 0 saturated carbocycles. The highest BCUT2D eigenvalue weighted by molar-refractivity contribution is 9.10. The minimum atomic E-state index is -0.247. The number of hydrogen-bond donors (Lipinski definition) is 1. The molecule has 0 aliphatic heterocycles. The molecule has 1 aromatic heterocycles. The molecule has 0 amide bonds. The largest absolute Gasteiger partial charge is 0.338 e. The van der Waals surface area contributed by atoms with Crippen molar-refractivity contribution < 1.29 is 8.91 Å². The third kappa shape index (κ3) is 5.17. The van der Waals surface area contributed by atoms with E-state index in [1.165, 1.54) is 6.07 Å². The van der Waals surface area contributed by atoms with Gasteiger partial charge in [0.1, 0.15) is 5.82 Å². The third-order valence-electron chi connectivity index (χ3n) is 2.84. The molecular formula is C14H17BrClFN4O. The fourth-order valence-corrected chi connectivity index (χ4v) is 2.32. The van der Waals surface area contributed by atoms with Crippen molar-refractivity contribution in [1.82, 2.24) is 15.0 Å². The predicted molar refractivity (Wildman–Crippen MR) is 87.8 cm³/mol. The molecule has 0 bridgehead atoms. The fraction of sp³-hybridized carbons (Fsp3) is 0.286. The molecule has 22 heavy (non-hydrogen) atoms. The molecule has 2 rings (SSSR count). The lowest BCUT2D eigenvalue weighted by Gasteiger charge is -2.19. The molecule has 0 unspecified atom stereocenters. The van der Waals surface area contributed by atoms with Crippen molar-refractivity contribution in [3.8, 4) is 0 Å². The second-order valence-electron chi connectivity index (χ2n) is 4.50. The average molecular weight is 392 g/mol. The van der Waals surface area contributed by atoms with E-state index in [4.69, 9.17) is 10.3 Å². The SMILES string of the molecule is C=CCN(Cc1noc(CN)n1)Cc1cc(Br)ccc1F.Cl. The average Bonchev–Trinajstić information content (AvgIpc) is 2.91. The minimum Gasteiger partial charge on any atom is -0.338 e. The summed E-state index contributed by atoms with van der Waals surface area (Å²) in [7, 11) is 0. The topological polar surface area (TPSA) is 68.2 Å². The van der Waals surface area contributed by atoms with Crippen LogP contribution in [0.15, 0.2) is 39.8 Å². The lowest BCUT2D eigenvalue weighted by molar-refractivity contribution is 0.268. The molecule has 0 aliphatic carbocycles. The van der Waals surface area contributed by atoms with Crippen molar-refractivity contribution in [2.24, 2.45) is 5.73 Å². The van der Waals surface area contributed by atoms with Crippen molar-refractivity contribution in [2.45, 2.75) is 19.6 Å². The highest BCUT2D eigenvalue weighted by atomic mass is 79.9. The smallest absolute Gasteiger partial charge is 0.240 e. The second kappa shape index (κ2) is 8.99. The van der Waals surface area contributed by atoms with E-state index < -0.39 is 0 Å². The van der Waals surface area contributed by atoms with Crippen LogP contribution in [0.3, 0.4) is 0 Å². The van der Waals surface area contributed by atoms with Crippen molar-refractivity contribution in [3.05, 3.63) is 58.4 Å². The van der Waals surface area contributed by atoms with Crippen LogP contribution >= 0.6 is 28.3 Å². The fourth-order valence-electron chi connectivity index (χ4n) is 1.91. The molecule has 5 nitrogen and oxygen atoms in total. The quantitative estimate of drug-likeness (QED) is 0.735. The van der Waals surface area contributed by atoms with Gasteiger partial charge in [-0.25, -0.2) is 4.39 Å². The number of rotatable bonds is 7. The van der Waals surface area contributed by atoms with Crippen LogP contribution in [0.1, 0.15) is 17.3 Å². The second-order valence-corrected chi connectivity index (χ2v) is 5.42. The Labute approximate surface area is 142 Å². The number of aromatic nitrogens is 2. The van der Waals surface area contributed by atoms with Crippen molar-refractivity contribution in [1.29, 1.82) is 0 Å². The molecule has 0 saturated heterocycles. The lowest BCUT2D eigenvalue weighted by Crippen LogP contribution is -2.24. The Bertz CT molecular complexity index is 623. The number of hydrogen-bond acceptors (Lipinski definition) is 5. The third-order valence-corrected chi connectivity index (χ3v) is 3.33. The molecule has 0 atom stereocenters. The first-order chi connectivity index (χ1) is 10.1. The van der Waals surface area contributed by atoms with Gasteiger partial charge < -0.3 is 10.3 Å². The molecule has 8 heteroatoms. The molecule has 120 valence electrons. The first kappa shape index (κ1) is 18.8. The predicted octanol–water partition coefficient (Wildman–Crippen LogP) is 3.04. The van der Waals surface area contributed by atoms with Gasteiger partial charge in [0.2, 0.25) is 5.89 Å². The molecule has 0 radical (unpaired) electrons. The van der Waals surface area contributed by atoms with E-state index in [0.717, 1.165) is 4.47 Å². The van der Waals surface area contributed by atoms with E-state index in [-0.39, 0.29) is 24.8 Å². The van der Waals surface area contributed by atoms with Crippen molar-refractivity contribution in [3.63, 3.8) is 0 Å². The van der Waals surface area contributed by atoms with E-state index >= 15 is 0 Å². The molecule has 2 aromatic rings. The minimum absolute atomic E-state index is 0. The summed E-state index contributed by atoms with van der Waals surface area (Å²) in [6.45, 7) is 5.35. The number of nitrogens with zero attached hydrogens (tertiary/aromatic N) is 3. The van der Waals surface area contributed by atoms with Gasteiger partial charge in [0.15, 0.2) is 5.82 Å². The van der Waals surface area contributed by atoms with Gasteiger partial charge in [0, 0.05) is 23.1 Å². The maximum absolute atomic E-state index is 13.8. The van der Waals surface area contributed by atoms with Gasteiger partial charge >= 0.3 is 0 Å². The maximum Gasteiger partial charge on any atom is 0.240 e. The monoisotopic (exact) mass is 390 g/mol. The van der Waals surface area contributed by atoms with E-state index in [0.29, 0.717) is 36.9 Å². The van der Waals surface area contributed by atoms with E-state index in [1.54, 1.807) is 18.2 Å². The van der Waals surface area contributed by atoms with Crippen LogP contribution in [-0.2, 0) is 19.6 Å². The number of benzene rings is 1. The van der Waals surface area contributed by atoms with Gasteiger partial charge in [-0.15, -0.1) is 19.0 Å². The Kier molecular flexibility index (Phi) is 7.67. The summed E-state index contributed by atoms with van der Waals surface area (Å²) >= 11 is 3.35. The van der Waals surface area contributed by atoms with E-state index in [1.807, 2.05) is 4.90 Å². The molecule has 0 spiro atoms. The van der Waals surface area contributed by atoms with Crippen LogP contribution in [-0.4, -0.2) is 21.6 Å². The molecule has 1 aromatic carbocycles. The summed E-state index contributed by atoms with van der Waals surface area (Å²) in [6.07, 6.45) is 1.75. The number of nitrogens with two attached hydrogens (primary N) is 1. The summed E-state index contributed by atoms with van der Waals surface area (Å²) in [4.78, 5) is 6.11. The van der Waals surface area contributed by atoms with E-state index in [2.05, 4.69) is 32.6 Å². The van der Waals surface area contributed by atoms with Crippen LogP contribution in [0.2, 0.25) is 0 Å². The normalized spacial score (nSPS) is 10.5. The Balaban J connectivity index is 0.00000242. The number of halogens is 3. The van der Waals surface area contributed by atoms with Crippen LogP contribution in [0.5, 0.6) is 0 Å². The van der Waals surface area contributed by atoms with Crippen LogP contribution in [0.4, 0.5) is 4.39 Å². The van der Waals surface area contributed by atoms with Crippen molar-refractivity contribution >= 4 is 28.3 Å². The summed E-state index contributed by atoms with van der Waals surface area (Å²) < 4.78 is 19.6. The highest BCUT2D eigenvalue weighted by Gasteiger charge is 2.13. The Morgan fingerprint density at radius 3 is 2.82 bits per heavy atom. The molecule has 0 aliphatic rings. The van der Waals surface area contributed by atoms with Gasteiger partial charge in [-0.1, -0.05) is 27.2 Å². The Hall–Kier alpha value is -1.28. The highest BCUT2D eigenvalue weighted by Crippen LogP contribution is 2.18. The summed E-state index contributed by atoms with van der Waals surface area (Å²) in [6, 6.07) is 4.86. The summed E-state index contributed by atoms with van der Waals surface area (Å²) in [5.74, 6) is 0.660.